The van der Waals surface area contributed by atoms with Gasteiger partial charge in [-0.2, -0.15) is 8.42 Å². The van der Waals surface area contributed by atoms with Gasteiger partial charge in [0.1, 0.15) is 4.90 Å². The van der Waals surface area contributed by atoms with Gasteiger partial charge < -0.3 is 4.18 Å². The number of hydrogen-bond acceptors (Lipinski definition) is 4. The third-order valence-electron chi connectivity index (χ3n) is 2.37. The van der Waals surface area contributed by atoms with E-state index in [2.05, 4.69) is 10.8 Å². The van der Waals surface area contributed by atoms with Crippen LogP contribution in [0.15, 0.2) is 60.0 Å². The fourth-order valence-corrected chi connectivity index (χ4v) is 2.40. The third kappa shape index (κ3) is 2.41. The van der Waals surface area contributed by atoms with Gasteiger partial charge >= 0.3 is 16.1 Å². The molecular weight excluding hydrogens is 252 g/mol. The van der Waals surface area contributed by atoms with Crippen LogP contribution in [0.2, 0.25) is 0 Å². The Hall–Kier alpha value is -2.14. The second-order valence-corrected chi connectivity index (χ2v) is 5.12. The van der Waals surface area contributed by atoms with Crippen LogP contribution in [0.25, 0.3) is 10.8 Å². The monoisotopic (exact) mass is 262 g/mol. The van der Waals surface area contributed by atoms with Crippen molar-refractivity contribution in [3.8, 4) is 0 Å². The van der Waals surface area contributed by atoms with E-state index in [-0.39, 0.29) is 4.90 Å². The van der Waals surface area contributed by atoms with Crippen LogP contribution in [0.4, 0.5) is 0 Å². The molecule has 0 amide bonds. The summed E-state index contributed by atoms with van der Waals surface area (Å²) in [5, 5.41) is 1.67. The lowest BCUT2D eigenvalue weighted by Crippen LogP contribution is -2.10. The molecule has 0 unspecified atom stereocenters. The molecule has 4 nitrogen and oxygen atoms in total. The molecule has 0 bridgehead atoms. The molecule has 0 heterocycles. The van der Waals surface area contributed by atoms with Crippen LogP contribution in [-0.2, 0) is 19.1 Å². The molecule has 18 heavy (non-hydrogen) atoms. The largest absolute Gasteiger partial charge is 0.346 e. The fourth-order valence-electron chi connectivity index (χ4n) is 1.51. The summed E-state index contributed by atoms with van der Waals surface area (Å²) in [4.78, 5) is 10.9. The van der Waals surface area contributed by atoms with Crippen molar-refractivity contribution < 1.29 is 17.4 Å². The maximum absolute atomic E-state index is 11.8. The fraction of sp³-hybridized carbons (Fsp3) is 0. The molecule has 0 aliphatic heterocycles. The van der Waals surface area contributed by atoms with Crippen LogP contribution in [-0.4, -0.2) is 14.4 Å². The highest BCUT2D eigenvalue weighted by Crippen LogP contribution is 2.20. The van der Waals surface area contributed by atoms with Crippen molar-refractivity contribution in [1.29, 1.82) is 0 Å². The molecule has 0 atom stereocenters. The van der Waals surface area contributed by atoms with Gasteiger partial charge in [0, 0.05) is 6.08 Å². The van der Waals surface area contributed by atoms with E-state index in [9.17, 15) is 13.2 Å². The molecule has 0 aliphatic rings. The van der Waals surface area contributed by atoms with Crippen molar-refractivity contribution in [3.63, 3.8) is 0 Å². The first-order valence-electron chi connectivity index (χ1n) is 5.12. The summed E-state index contributed by atoms with van der Waals surface area (Å²) in [5.74, 6) is -0.997. The zero-order chi connectivity index (χ0) is 13.2. The molecule has 0 spiro atoms. The maximum atomic E-state index is 11.8. The Kier molecular flexibility index (Phi) is 3.16. The van der Waals surface area contributed by atoms with Gasteiger partial charge in [-0.05, 0) is 22.9 Å². The first-order valence-corrected chi connectivity index (χ1v) is 6.53. The van der Waals surface area contributed by atoms with E-state index in [1.807, 2.05) is 12.1 Å². The van der Waals surface area contributed by atoms with Gasteiger partial charge in [-0.25, -0.2) is 4.79 Å². The number of fused-ring (bicyclic) bond motifs is 1. The summed E-state index contributed by atoms with van der Waals surface area (Å²) >= 11 is 0. The van der Waals surface area contributed by atoms with E-state index in [4.69, 9.17) is 0 Å². The zero-order valence-electron chi connectivity index (χ0n) is 9.37. The molecular formula is C13H10O4S. The molecule has 0 aliphatic carbocycles. The molecule has 5 heteroatoms. The van der Waals surface area contributed by atoms with Crippen molar-refractivity contribution >= 4 is 26.9 Å². The van der Waals surface area contributed by atoms with Gasteiger partial charge in [-0.3, -0.25) is 0 Å². The number of benzene rings is 2. The smallest absolute Gasteiger partial charge is 0.338 e. The summed E-state index contributed by atoms with van der Waals surface area (Å²) in [6.45, 7) is 3.15. The molecule has 0 fully saturated rings. The first kappa shape index (κ1) is 12.3. The lowest BCUT2D eigenvalue weighted by Gasteiger charge is -2.04. The first-order chi connectivity index (χ1) is 8.53. The SMILES string of the molecule is C=CC(=O)OS(=O)(=O)c1ccc2ccccc2c1. The van der Waals surface area contributed by atoms with Gasteiger partial charge in [0.2, 0.25) is 0 Å². The Bertz CT molecular complexity index is 717. The molecule has 0 saturated heterocycles. The highest BCUT2D eigenvalue weighted by molar-refractivity contribution is 7.87. The number of carbonyl (C=O) groups excluding carboxylic acids is 1. The normalized spacial score (nSPS) is 11.1. The maximum Gasteiger partial charge on any atom is 0.346 e. The molecule has 2 aromatic carbocycles. The number of carbonyl (C=O) groups is 1. The van der Waals surface area contributed by atoms with Gasteiger partial charge in [-0.1, -0.05) is 36.9 Å². The van der Waals surface area contributed by atoms with Crippen molar-refractivity contribution in [2.75, 3.05) is 0 Å². The summed E-state index contributed by atoms with van der Waals surface area (Å²) < 4.78 is 27.8. The van der Waals surface area contributed by atoms with Crippen molar-refractivity contribution in [2.45, 2.75) is 4.90 Å². The van der Waals surface area contributed by atoms with Gasteiger partial charge in [-0.15, -0.1) is 0 Å². The molecule has 2 rings (SSSR count). The van der Waals surface area contributed by atoms with Crippen LogP contribution in [0, 0.1) is 0 Å². The van der Waals surface area contributed by atoms with E-state index in [0.717, 1.165) is 16.8 Å². The topological polar surface area (TPSA) is 60.4 Å². The molecule has 0 N–H and O–H groups in total. The Balaban J connectivity index is 2.48. The van der Waals surface area contributed by atoms with E-state index in [1.165, 1.54) is 12.1 Å². The third-order valence-corrected chi connectivity index (χ3v) is 3.58. The Morgan fingerprint density at radius 3 is 2.44 bits per heavy atom. The van der Waals surface area contributed by atoms with Crippen LogP contribution in [0.1, 0.15) is 0 Å². The lowest BCUT2D eigenvalue weighted by molar-refractivity contribution is -0.128. The second-order valence-electron chi connectivity index (χ2n) is 3.57. The average molecular weight is 262 g/mol. The minimum Gasteiger partial charge on any atom is -0.338 e. The van der Waals surface area contributed by atoms with Crippen LogP contribution < -0.4 is 0 Å². The number of rotatable bonds is 3. The highest BCUT2D eigenvalue weighted by atomic mass is 32.2. The Labute approximate surface area is 105 Å². The van der Waals surface area contributed by atoms with E-state index < -0.39 is 16.1 Å². The van der Waals surface area contributed by atoms with Crippen molar-refractivity contribution in [3.05, 3.63) is 55.1 Å². The predicted molar refractivity (Wildman–Crippen MR) is 67.4 cm³/mol. The summed E-state index contributed by atoms with van der Waals surface area (Å²) in [6, 6.07) is 11.8. The molecule has 0 aromatic heterocycles. The molecule has 2 aromatic rings. The Morgan fingerprint density at radius 2 is 1.78 bits per heavy atom. The highest BCUT2D eigenvalue weighted by Gasteiger charge is 2.18. The predicted octanol–water partition coefficient (Wildman–Crippen LogP) is 2.26. The summed E-state index contributed by atoms with van der Waals surface area (Å²) in [5.41, 5.74) is 0. The van der Waals surface area contributed by atoms with Gasteiger partial charge in [0.25, 0.3) is 0 Å². The number of hydrogen-bond donors (Lipinski definition) is 0. The molecule has 0 radical (unpaired) electrons. The van der Waals surface area contributed by atoms with Crippen LogP contribution >= 0.6 is 0 Å². The van der Waals surface area contributed by atoms with Crippen LogP contribution in [0.5, 0.6) is 0 Å². The standard InChI is InChI=1S/C13H10O4S/c1-2-13(14)17-18(15,16)12-8-7-10-5-3-4-6-11(10)9-12/h2-9H,1H2. The van der Waals surface area contributed by atoms with Gasteiger partial charge in [0.15, 0.2) is 0 Å². The van der Waals surface area contributed by atoms with E-state index in [0.29, 0.717) is 0 Å². The summed E-state index contributed by atoms with van der Waals surface area (Å²) in [6.07, 6.45) is 0.804. The minimum atomic E-state index is -4.08. The van der Waals surface area contributed by atoms with Gasteiger partial charge in [0.05, 0.1) is 0 Å². The zero-order valence-corrected chi connectivity index (χ0v) is 10.2. The van der Waals surface area contributed by atoms with E-state index in [1.54, 1.807) is 18.2 Å². The second kappa shape index (κ2) is 4.62. The Morgan fingerprint density at radius 1 is 1.11 bits per heavy atom. The summed E-state index contributed by atoms with van der Waals surface area (Å²) in [7, 11) is -4.08. The molecule has 0 saturated carbocycles. The lowest BCUT2D eigenvalue weighted by atomic mass is 10.1. The quantitative estimate of drug-likeness (QED) is 0.628. The van der Waals surface area contributed by atoms with Crippen molar-refractivity contribution in [2.24, 2.45) is 0 Å². The minimum absolute atomic E-state index is 0.0589. The van der Waals surface area contributed by atoms with E-state index >= 15 is 0 Å². The van der Waals surface area contributed by atoms with Crippen LogP contribution in [0.3, 0.4) is 0 Å². The average Bonchev–Trinajstić information content (AvgIpc) is 2.37. The van der Waals surface area contributed by atoms with Crippen molar-refractivity contribution in [1.82, 2.24) is 0 Å². The molecule has 92 valence electrons.